The van der Waals surface area contributed by atoms with Crippen molar-refractivity contribution < 1.29 is 36.3 Å². The third-order valence-electron chi connectivity index (χ3n) is 1.90. The van der Waals surface area contributed by atoms with Crippen molar-refractivity contribution in [2.75, 3.05) is 19.8 Å². The average molecular weight is 248 g/mol. The summed E-state index contributed by atoms with van der Waals surface area (Å²) in [7, 11) is 0. The first-order valence-electron chi connectivity index (χ1n) is 4.85. The first-order valence-corrected chi connectivity index (χ1v) is 4.85. The van der Waals surface area contributed by atoms with Crippen molar-refractivity contribution in [1.29, 1.82) is 0 Å². The largest absolute Gasteiger partial charge is 0.396 e. The number of hydrogen-bond acceptors (Lipinski definition) is 3. The molecular weight excluding hydrogens is 228 g/mol. The SMILES string of the molecule is C=CCOC(OCC=C)C(CC)CO.[Ti]. The van der Waals surface area contributed by atoms with Gasteiger partial charge in [0.25, 0.3) is 0 Å². The molecule has 0 saturated heterocycles. The van der Waals surface area contributed by atoms with Gasteiger partial charge in [-0.05, 0) is 6.42 Å². The van der Waals surface area contributed by atoms with Crippen molar-refractivity contribution in [3.8, 4) is 0 Å². The molecule has 0 aliphatic rings. The van der Waals surface area contributed by atoms with Crippen LogP contribution in [-0.2, 0) is 31.2 Å². The minimum Gasteiger partial charge on any atom is -0.396 e. The first-order chi connectivity index (χ1) is 6.79. The minimum absolute atomic E-state index is 0. The van der Waals surface area contributed by atoms with E-state index in [0.717, 1.165) is 6.42 Å². The van der Waals surface area contributed by atoms with Crippen LogP contribution in [0.5, 0.6) is 0 Å². The van der Waals surface area contributed by atoms with Crippen molar-refractivity contribution >= 4 is 0 Å². The first kappa shape index (κ1) is 17.5. The van der Waals surface area contributed by atoms with E-state index in [1.54, 1.807) is 12.2 Å². The van der Waals surface area contributed by atoms with Crippen LogP contribution in [0, 0.1) is 5.92 Å². The molecule has 0 radical (unpaired) electrons. The molecule has 4 heteroatoms. The summed E-state index contributed by atoms with van der Waals surface area (Å²) < 4.78 is 10.8. The van der Waals surface area contributed by atoms with Crippen molar-refractivity contribution in [3.05, 3.63) is 25.3 Å². The second-order valence-electron chi connectivity index (χ2n) is 2.96. The van der Waals surface area contributed by atoms with E-state index in [1.807, 2.05) is 6.92 Å². The van der Waals surface area contributed by atoms with Gasteiger partial charge in [-0.3, -0.25) is 0 Å². The van der Waals surface area contributed by atoms with E-state index < -0.39 is 0 Å². The summed E-state index contributed by atoms with van der Waals surface area (Å²) in [5, 5.41) is 9.08. The van der Waals surface area contributed by atoms with Crippen LogP contribution < -0.4 is 0 Å². The van der Waals surface area contributed by atoms with Crippen LogP contribution in [0.25, 0.3) is 0 Å². The fourth-order valence-electron chi connectivity index (χ4n) is 1.05. The number of aliphatic hydroxyl groups is 1. The normalized spacial score (nSPS) is 11.9. The summed E-state index contributed by atoms with van der Waals surface area (Å²) in [6, 6.07) is 0. The molecule has 0 rings (SSSR count). The van der Waals surface area contributed by atoms with Gasteiger partial charge in [-0.2, -0.15) is 0 Å². The molecule has 0 heterocycles. The molecule has 0 aliphatic heterocycles. The molecule has 15 heavy (non-hydrogen) atoms. The molecular formula is C11H20O3Ti. The van der Waals surface area contributed by atoms with Gasteiger partial charge in [0, 0.05) is 27.6 Å². The van der Waals surface area contributed by atoms with Gasteiger partial charge in [0.05, 0.1) is 19.8 Å². The van der Waals surface area contributed by atoms with Crippen molar-refractivity contribution in [2.24, 2.45) is 5.92 Å². The van der Waals surface area contributed by atoms with Crippen LogP contribution in [0.4, 0.5) is 0 Å². The number of ether oxygens (including phenoxy) is 2. The molecule has 0 saturated carbocycles. The van der Waals surface area contributed by atoms with E-state index >= 15 is 0 Å². The molecule has 0 aromatic rings. The van der Waals surface area contributed by atoms with Crippen molar-refractivity contribution in [2.45, 2.75) is 19.6 Å². The second-order valence-corrected chi connectivity index (χ2v) is 2.96. The Kier molecular flexibility index (Phi) is 14.1. The molecule has 0 aromatic heterocycles. The van der Waals surface area contributed by atoms with Crippen LogP contribution in [0.1, 0.15) is 13.3 Å². The second kappa shape index (κ2) is 12.1. The molecule has 0 aliphatic carbocycles. The summed E-state index contributed by atoms with van der Waals surface area (Å²) in [6.45, 7) is 10.0. The number of rotatable bonds is 9. The molecule has 0 amide bonds. The third-order valence-corrected chi connectivity index (χ3v) is 1.90. The summed E-state index contributed by atoms with van der Waals surface area (Å²) in [5.41, 5.74) is 0. The molecule has 0 aromatic carbocycles. The van der Waals surface area contributed by atoms with Crippen LogP contribution in [0.3, 0.4) is 0 Å². The maximum atomic E-state index is 9.08. The Bertz CT molecular complexity index is 146. The van der Waals surface area contributed by atoms with E-state index in [0.29, 0.717) is 13.2 Å². The number of hydrogen-bond donors (Lipinski definition) is 1. The van der Waals surface area contributed by atoms with Gasteiger partial charge in [-0.25, -0.2) is 0 Å². The Morgan fingerprint density at radius 1 is 1.20 bits per heavy atom. The van der Waals surface area contributed by atoms with E-state index in [9.17, 15) is 0 Å². The summed E-state index contributed by atoms with van der Waals surface area (Å²) in [5.74, 6) is 0.00917. The van der Waals surface area contributed by atoms with Crippen LogP contribution in [-0.4, -0.2) is 31.2 Å². The van der Waals surface area contributed by atoms with E-state index in [-0.39, 0.29) is 40.5 Å². The van der Waals surface area contributed by atoms with E-state index in [1.165, 1.54) is 0 Å². The Morgan fingerprint density at radius 3 is 1.93 bits per heavy atom. The fourth-order valence-corrected chi connectivity index (χ4v) is 1.05. The zero-order valence-electron chi connectivity index (χ0n) is 9.32. The minimum atomic E-state index is -0.374. The van der Waals surface area contributed by atoms with Gasteiger partial charge in [-0.1, -0.05) is 19.1 Å². The van der Waals surface area contributed by atoms with E-state index in [2.05, 4.69) is 13.2 Å². The summed E-state index contributed by atoms with van der Waals surface area (Å²) in [6.07, 6.45) is 3.76. The Morgan fingerprint density at radius 2 is 1.67 bits per heavy atom. The zero-order valence-corrected chi connectivity index (χ0v) is 10.9. The van der Waals surface area contributed by atoms with Crippen molar-refractivity contribution in [1.82, 2.24) is 0 Å². The Labute approximate surface area is 107 Å². The van der Waals surface area contributed by atoms with Gasteiger partial charge < -0.3 is 14.6 Å². The van der Waals surface area contributed by atoms with Crippen LogP contribution in [0.2, 0.25) is 0 Å². The summed E-state index contributed by atoms with van der Waals surface area (Å²) >= 11 is 0. The maximum absolute atomic E-state index is 9.08. The van der Waals surface area contributed by atoms with Crippen LogP contribution in [0.15, 0.2) is 25.3 Å². The fraction of sp³-hybridized carbons (Fsp3) is 0.636. The third kappa shape index (κ3) is 7.94. The maximum Gasteiger partial charge on any atom is 0.163 e. The predicted molar refractivity (Wildman–Crippen MR) is 57.0 cm³/mol. The van der Waals surface area contributed by atoms with Gasteiger partial charge in [0.1, 0.15) is 0 Å². The topological polar surface area (TPSA) is 38.7 Å². The smallest absolute Gasteiger partial charge is 0.163 e. The molecule has 1 atom stereocenters. The zero-order chi connectivity index (χ0) is 10.8. The monoisotopic (exact) mass is 248 g/mol. The van der Waals surface area contributed by atoms with Gasteiger partial charge in [0.2, 0.25) is 0 Å². The Hall–Kier alpha value is 0.0743. The molecule has 86 valence electrons. The van der Waals surface area contributed by atoms with Crippen molar-refractivity contribution in [3.63, 3.8) is 0 Å². The van der Waals surface area contributed by atoms with Crippen LogP contribution >= 0.6 is 0 Å². The van der Waals surface area contributed by atoms with Gasteiger partial charge in [-0.15, -0.1) is 13.2 Å². The molecule has 1 unspecified atom stereocenters. The average Bonchev–Trinajstić information content (AvgIpc) is 2.22. The summed E-state index contributed by atoms with van der Waals surface area (Å²) in [4.78, 5) is 0. The predicted octanol–water partition coefficient (Wildman–Crippen LogP) is 1.73. The molecule has 0 spiro atoms. The van der Waals surface area contributed by atoms with E-state index in [4.69, 9.17) is 14.6 Å². The molecule has 0 bridgehead atoms. The quantitative estimate of drug-likeness (QED) is 0.383. The number of aliphatic hydroxyl groups excluding tert-OH is 1. The Balaban J connectivity index is 0. The molecule has 0 fully saturated rings. The standard InChI is InChI=1S/C11H20O3.Ti/c1-4-7-13-11(14-8-5-2)10(6-3)9-12;/h4-5,10-12H,1-2,6-9H2,3H3;. The molecule has 3 nitrogen and oxygen atoms in total. The van der Waals surface area contributed by atoms with Gasteiger partial charge >= 0.3 is 0 Å². The van der Waals surface area contributed by atoms with Gasteiger partial charge in [0.15, 0.2) is 6.29 Å². The molecule has 1 N–H and O–H groups in total.